The van der Waals surface area contributed by atoms with Gasteiger partial charge >= 0.3 is 0 Å². The number of aliphatic hydroxyl groups excluding tert-OH is 1. The Morgan fingerprint density at radius 2 is 0.976 bits per heavy atom. The molecule has 0 saturated carbocycles. The first-order valence-electron chi connectivity index (χ1n) is 11.6. The van der Waals surface area contributed by atoms with Crippen LogP contribution in [0.25, 0.3) is 0 Å². The first-order chi connectivity index (χ1) is 19.3. The molecule has 1 radical (unpaired) electrons. The summed E-state index contributed by atoms with van der Waals surface area (Å²) in [4.78, 5) is 28.1. The number of carbonyl (C=O) groups is 1. The Morgan fingerprint density at radius 1 is 0.683 bits per heavy atom. The smallest absolute Gasteiger partial charge is 0.134 e. The molecule has 2 N–H and O–H groups in total. The number of hydrogen-bond acceptors (Lipinski definition) is 7. The fourth-order valence-corrected chi connectivity index (χ4v) is 3.01. The molecule has 0 heterocycles. The first kappa shape index (κ1) is 34.7. The number of hydrogen-bond donors (Lipinski definition) is 2. The van der Waals surface area contributed by atoms with Crippen molar-refractivity contribution in [3.05, 3.63) is 116 Å². The van der Waals surface area contributed by atoms with Gasteiger partial charge in [-0.2, -0.15) is 7.11 Å². The average molecular weight is 630 g/mol. The van der Waals surface area contributed by atoms with Crippen molar-refractivity contribution in [2.24, 2.45) is 0 Å². The summed E-state index contributed by atoms with van der Waals surface area (Å²) < 4.78 is 21.9. The van der Waals surface area contributed by atoms with Gasteiger partial charge in [0.1, 0.15) is 40.5 Å². The zero-order chi connectivity index (χ0) is 29.3. The molecule has 10 heteroatoms. The van der Waals surface area contributed by atoms with Crippen LogP contribution in [0.5, 0.6) is 34.5 Å². The van der Waals surface area contributed by atoms with Crippen molar-refractivity contribution in [3.63, 3.8) is 0 Å². The van der Waals surface area contributed by atoms with E-state index in [4.69, 9.17) is 24.1 Å². The molecule has 4 aromatic carbocycles. The summed E-state index contributed by atoms with van der Waals surface area (Å²) in [5.74, 6) is 3.16. The summed E-state index contributed by atoms with van der Waals surface area (Å²) in [6, 6.07) is 28.0. The third kappa shape index (κ3) is 13.5. The number of ether oxygens (including phenoxy) is 4. The van der Waals surface area contributed by atoms with Crippen molar-refractivity contribution in [2.75, 3.05) is 5.32 Å². The van der Waals surface area contributed by atoms with Gasteiger partial charge in [0, 0.05) is 50.9 Å². The van der Waals surface area contributed by atoms with Crippen molar-refractivity contribution >= 4 is 24.5 Å². The number of amides is 1. The molecule has 1 amide bonds. The van der Waals surface area contributed by atoms with E-state index in [0.29, 0.717) is 35.2 Å². The van der Waals surface area contributed by atoms with Crippen LogP contribution in [0.15, 0.2) is 91.0 Å². The van der Waals surface area contributed by atoms with Gasteiger partial charge in [-0.3, -0.25) is 4.79 Å². The topological polar surface area (TPSA) is 120 Å². The molecule has 0 fully saturated rings. The quantitative estimate of drug-likeness (QED) is 0.122. The van der Waals surface area contributed by atoms with Crippen LogP contribution in [0.2, 0.25) is 0 Å². The minimum absolute atomic E-state index is 0. The van der Waals surface area contributed by atoms with E-state index in [1.807, 2.05) is 68.4 Å². The van der Waals surface area contributed by atoms with Gasteiger partial charge in [-0.25, -0.2) is 0 Å². The SMILES string of the molecule is Cc1ccc(Oc2cc(Oc3ccc(C)cc3)cc(Oc3ccc(N[C-]=O)cc3)c2)cc1.O=[C-]O.[CH2-]OC([CH2-])=O.[Y]. The molecule has 0 aliphatic heterocycles. The van der Waals surface area contributed by atoms with Crippen LogP contribution in [0.4, 0.5) is 5.69 Å². The summed E-state index contributed by atoms with van der Waals surface area (Å²) >= 11 is 0. The molecule has 0 spiro atoms. The van der Waals surface area contributed by atoms with E-state index in [1.54, 1.807) is 42.8 Å². The molecule has 41 heavy (non-hydrogen) atoms. The zero-order valence-electron chi connectivity index (χ0n) is 22.5. The number of anilines is 1. The van der Waals surface area contributed by atoms with E-state index in [9.17, 15) is 9.59 Å². The third-order valence-corrected chi connectivity index (χ3v) is 4.81. The van der Waals surface area contributed by atoms with E-state index in [1.165, 1.54) is 0 Å². The Labute approximate surface area is 264 Å². The maximum atomic E-state index is 10.5. The van der Waals surface area contributed by atoms with Crippen LogP contribution in [0, 0.1) is 27.9 Å². The summed E-state index contributed by atoms with van der Waals surface area (Å²) in [5, 5.41) is 9.24. The van der Waals surface area contributed by atoms with Gasteiger partial charge in [0.05, 0.1) is 6.41 Å². The van der Waals surface area contributed by atoms with Crippen LogP contribution in [-0.2, 0) is 51.8 Å². The average Bonchev–Trinajstić information content (AvgIpc) is 2.93. The van der Waals surface area contributed by atoms with Crippen LogP contribution in [0.3, 0.4) is 0 Å². The standard InChI is InChI=1S/C27H22NO4.C3H4O2.CHO2.Y/c1-19-3-9-22(10-4-19)30-25-15-26(31-23-11-5-20(2)6-12-23)17-27(16-25)32-24-13-7-21(8-14-24)28-18-29;1-3(4)5-2;2-1-3;/h3-17H,1-2H3,(H,28,29);1-2H2;(H,2,3);/q-1;-2;-1;. The number of esters is 1. The molecular weight excluding hydrogens is 603 g/mol. The Hall–Kier alpha value is -4.34. The molecule has 0 aliphatic rings. The monoisotopic (exact) mass is 630 g/mol. The molecule has 211 valence electrons. The number of benzene rings is 4. The molecule has 0 unspecified atom stereocenters. The van der Waals surface area contributed by atoms with Crippen LogP contribution in [-0.4, -0.2) is 24.0 Å². The second-order valence-corrected chi connectivity index (χ2v) is 7.93. The number of aryl methyl sites for hydroxylation is 2. The third-order valence-electron chi connectivity index (χ3n) is 4.81. The molecule has 0 aliphatic carbocycles. The van der Waals surface area contributed by atoms with Gasteiger partial charge in [-0.1, -0.05) is 41.9 Å². The Morgan fingerprint density at radius 3 is 1.24 bits per heavy atom. The first-order valence-corrected chi connectivity index (χ1v) is 11.6. The van der Waals surface area contributed by atoms with Crippen LogP contribution >= 0.6 is 0 Å². The predicted octanol–water partition coefficient (Wildman–Crippen LogP) is 6.92. The van der Waals surface area contributed by atoms with E-state index in [2.05, 4.69) is 24.1 Å². The summed E-state index contributed by atoms with van der Waals surface area (Å²) in [7, 11) is 2.77. The minimum atomic E-state index is -0.606. The van der Waals surface area contributed by atoms with Crippen LogP contribution in [0.1, 0.15) is 11.1 Å². The summed E-state index contributed by atoms with van der Waals surface area (Å²) in [5.41, 5.74) is 2.94. The van der Waals surface area contributed by atoms with Gasteiger partial charge in [0.15, 0.2) is 0 Å². The Bertz CT molecular complexity index is 1290. The molecule has 0 aromatic heterocycles. The Kier molecular flexibility index (Phi) is 16.0. The predicted molar refractivity (Wildman–Crippen MR) is 150 cm³/mol. The van der Waals surface area contributed by atoms with Crippen molar-refractivity contribution in [1.82, 2.24) is 0 Å². The van der Waals surface area contributed by atoms with Crippen molar-refractivity contribution in [3.8, 4) is 34.5 Å². The van der Waals surface area contributed by atoms with E-state index < -0.39 is 5.97 Å². The van der Waals surface area contributed by atoms with Crippen molar-refractivity contribution in [1.29, 1.82) is 0 Å². The number of nitrogens with one attached hydrogen (secondary N) is 1. The molecule has 0 saturated heterocycles. The van der Waals surface area contributed by atoms with E-state index in [-0.39, 0.29) is 32.7 Å². The number of carbonyl (C=O) groups excluding carboxylic acids is 2. The number of rotatable bonds is 8. The van der Waals surface area contributed by atoms with E-state index >= 15 is 0 Å². The normalized spacial score (nSPS) is 9.15. The van der Waals surface area contributed by atoms with Gasteiger partial charge < -0.3 is 45.9 Å². The molecule has 4 rings (SSSR count). The molecule has 0 bridgehead atoms. The minimum Gasteiger partial charge on any atom is -0.665 e. The summed E-state index contributed by atoms with van der Waals surface area (Å²) in [6.45, 7) is 7.39. The van der Waals surface area contributed by atoms with E-state index in [0.717, 1.165) is 22.6 Å². The maximum absolute atomic E-state index is 10.5. The van der Waals surface area contributed by atoms with Gasteiger partial charge in [0.25, 0.3) is 0 Å². The molecule has 0 atom stereocenters. The fourth-order valence-electron chi connectivity index (χ4n) is 3.01. The second-order valence-electron chi connectivity index (χ2n) is 7.93. The van der Waals surface area contributed by atoms with Gasteiger partial charge in [0.2, 0.25) is 0 Å². The molecule has 4 aromatic rings. The largest absolute Gasteiger partial charge is 0.665 e. The second kappa shape index (κ2) is 18.9. The van der Waals surface area contributed by atoms with Gasteiger partial charge in [-0.15, -0.1) is 17.8 Å². The van der Waals surface area contributed by atoms with Crippen molar-refractivity contribution in [2.45, 2.75) is 13.8 Å². The Balaban J connectivity index is 0.000000831. The molecular formula is C31H27NO8Y-4. The van der Waals surface area contributed by atoms with Crippen molar-refractivity contribution < 1.29 is 71.1 Å². The summed E-state index contributed by atoms with van der Waals surface area (Å²) in [6.07, 6.45) is 1.65. The fraction of sp³-hybridized carbons (Fsp3) is 0.0645. The van der Waals surface area contributed by atoms with Gasteiger partial charge in [-0.05, 0) is 50.2 Å². The zero-order valence-corrected chi connectivity index (χ0v) is 25.3. The molecule has 9 nitrogen and oxygen atoms in total. The maximum Gasteiger partial charge on any atom is 0.134 e. The van der Waals surface area contributed by atoms with Crippen LogP contribution < -0.4 is 19.5 Å².